The number of carbonyl (C=O) groups is 1. The van der Waals surface area contributed by atoms with Crippen molar-refractivity contribution in [3.63, 3.8) is 0 Å². The molecule has 176 valence electrons. The van der Waals surface area contributed by atoms with Crippen LogP contribution in [0.25, 0.3) is 0 Å². The van der Waals surface area contributed by atoms with E-state index >= 15 is 0 Å². The van der Waals surface area contributed by atoms with Crippen LogP contribution in [0.15, 0.2) is 30.3 Å². The summed E-state index contributed by atoms with van der Waals surface area (Å²) in [5, 5.41) is 0. The van der Waals surface area contributed by atoms with Crippen LogP contribution in [0.1, 0.15) is 36.4 Å². The Morgan fingerprint density at radius 1 is 1.09 bits per heavy atom. The third-order valence-electron chi connectivity index (χ3n) is 6.72. The number of carbonyl (C=O) groups excluding carboxylic acids is 1. The molecule has 0 spiro atoms. The Balaban J connectivity index is 1.56. The molecule has 3 atom stereocenters. The monoisotopic (exact) mass is 481 g/mol. The number of nitrogens with one attached hydrogen (secondary N) is 1. The molecule has 2 aromatic rings. The standard InChI is InChI=1S/C22H22F3N3O4S/c1-32-13-5-6-14-12(11-13)9-10-27-21(14)17-3-2-4-18(22(27)29)28(17)33(30,31)26-16-8-7-15(23)19(24)20(16)25/h5-8,11,17-18,21,26H,2-4,9-10H2,1H3. The molecule has 0 radical (unpaired) electrons. The maximum Gasteiger partial charge on any atom is 0.302 e. The second-order valence-electron chi connectivity index (χ2n) is 8.47. The van der Waals surface area contributed by atoms with Crippen LogP contribution in [0.3, 0.4) is 0 Å². The van der Waals surface area contributed by atoms with E-state index < -0.39 is 51.5 Å². The average Bonchev–Trinajstić information content (AvgIpc) is 2.81. The molecule has 0 saturated carbocycles. The minimum absolute atomic E-state index is 0.312. The Bertz CT molecular complexity index is 1240. The summed E-state index contributed by atoms with van der Waals surface area (Å²) in [6, 6.07) is 4.95. The largest absolute Gasteiger partial charge is 0.497 e. The first kappa shape index (κ1) is 22.0. The zero-order valence-corrected chi connectivity index (χ0v) is 18.5. The van der Waals surface area contributed by atoms with Crippen LogP contribution in [0.5, 0.6) is 5.75 Å². The molecular formula is C22H22F3N3O4S. The lowest BCUT2D eigenvalue weighted by molar-refractivity contribution is -0.150. The van der Waals surface area contributed by atoms with Crippen molar-refractivity contribution in [2.24, 2.45) is 0 Å². The number of hydrogen-bond acceptors (Lipinski definition) is 4. The summed E-state index contributed by atoms with van der Waals surface area (Å²) in [5.41, 5.74) is 1.11. The van der Waals surface area contributed by atoms with Gasteiger partial charge >= 0.3 is 10.2 Å². The number of anilines is 1. The van der Waals surface area contributed by atoms with Crippen LogP contribution in [-0.2, 0) is 21.4 Å². The fourth-order valence-electron chi connectivity index (χ4n) is 5.29. The van der Waals surface area contributed by atoms with Crippen LogP contribution >= 0.6 is 0 Å². The second kappa shape index (κ2) is 7.91. The molecule has 3 aliphatic heterocycles. The van der Waals surface area contributed by atoms with Gasteiger partial charge in [-0.1, -0.05) is 6.07 Å². The summed E-state index contributed by atoms with van der Waals surface area (Å²) < 4.78 is 76.4. The predicted molar refractivity (Wildman–Crippen MR) is 113 cm³/mol. The fourth-order valence-corrected chi connectivity index (χ4v) is 6.94. The lowest BCUT2D eigenvalue weighted by Gasteiger charge is -2.54. The van der Waals surface area contributed by atoms with E-state index in [0.717, 1.165) is 21.5 Å². The molecule has 1 N–H and O–H groups in total. The average molecular weight is 481 g/mol. The number of halogens is 3. The van der Waals surface area contributed by atoms with Crippen LogP contribution in [0.2, 0.25) is 0 Å². The number of hydrogen-bond donors (Lipinski definition) is 1. The number of amides is 1. The Kier molecular flexibility index (Phi) is 5.28. The van der Waals surface area contributed by atoms with Gasteiger partial charge in [-0.2, -0.15) is 12.7 Å². The van der Waals surface area contributed by atoms with Crippen LogP contribution < -0.4 is 9.46 Å². The molecule has 3 unspecified atom stereocenters. The Hall–Kier alpha value is -2.79. The van der Waals surface area contributed by atoms with Gasteiger partial charge in [0.15, 0.2) is 17.5 Å². The van der Waals surface area contributed by atoms with Crippen molar-refractivity contribution in [2.75, 3.05) is 18.4 Å². The van der Waals surface area contributed by atoms with Gasteiger partial charge in [-0.25, -0.2) is 13.2 Å². The van der Waals surface area contributed by atoms with E-state index in [2.05, 4.69) is 0 Å². The summed E-state index contributed by atoms with van der Waals surface area (Å²) in [6.45, 7) is 0.454. The van der Waals surface area contributed by atoms with Crippen LogP contribution in [0, 0.1) is 17.5 Å². The maximum absolute atomic E-state index is 14.2. The van der Waals surface area contributed by atoms with E-state index in [0.29, 0.717) is 44.0 Å². The number of benzene rings is 2. The normalized spacial score (nSPS) is 24.8. The minimum atomic E-state index is -4.46. The number of rotatable bonds is 4. The summed E-state index contributed by atoms with van der Waals surface area (Å²) >= 11 is 0. The fraction of sp³-hybridized carbons (Fsp3) is 0.409. The van der Waals surface area contributed by atoms with Gasteiger partial charge in [0.05, 0.1) is 24.9 Å². The smallest absolute Gasteiger partial charge is 0.302 e. The van der Waals surface area contributed by atoms with Crippen LogP contribution in [0.4, 0.5) is 18.9 Å². The van der Waals surface area contributed by atoms with Crippen LogP contribution in [-0.4, -0.2) is 49.3 Å². The highest BCUT2D eigenvalue weighted by molar-refractivity contribution is 7.90. The second-order valence-corrected chi connectivity index (χ2v) is 10.0. The first-order chi connectivity index (χ1) is 15.7. The Labute approximate surface area is 189 Å². The number of fused-ring (bicyclic) bond motifs is 6. The molecule has 0 aliphatic carbocycles. The molecule has 3 heterocycles. The molecular weight excluding hydrogens is 459 g/mol. The lowest BCUT2D eigenvalue weighted by atomic mass is 9.80. The molecule has 2 fully saturated rings. The lowest BCUT2D eigenvalue weighted by Crippen LogP contribution is -2.67. The molecule has 11 heteroatoms. The topological polar surface area (TPSA) is 79.0 Å². The van der Waals surface area contributed by atoms with E-state index in [-0.39, 0.29) is 5.91 Å². The molecule has 2 saturated heterocycles. The van der Waals surface area contributed by atoms with E-state index in [1.54, 1.807) is 18.1 Å². The van der Waals surface area contributed by atoms with E-state index in [1.165, 1.54) is 0 Å². The first-order valence-electron chi connectivity index (χ1n) is 10.6. The van der Waals surface area contributed by atoms with Gasteiger partial charge in [0.25, 0.3) is 0 Å². The summed E-state index contributed by atoms with van der Waals surface area (Å²) in [7, 11) is -2.90. The van der Waals surface area contributed by atoms with Gasteiger partial charge in [0.2, 0.25) is 5.91 Å². The number of piperazine rings is 1. The summed E-state index contributed by atoms with van der Waals surface area (Å²) in [6.07, 6.45) is 2.11. The van der Waals surface area contributed by atoms with E-state index in [4.69, 9.17) is 4.74 Å². The molecule has 2 aromatic carbocycles. The van der Waals surface area contributed by atoms with Crippen molar-refractivity contribution in [3.05, 3.63) is 58.9 Å². The highest BCUT2D eigenvalue weighted by Crippen LogP contribution is 2.46. The highest BCUT2D eigenvalue weighted by atomic mass is 32.2. The number of nitrogens with zero attached hydrogens (tertiary/aromatic N) is 2. The van der Waals surface area contributed by atoms with Gasteiger partial charge in [0, 0.05) is 6.54 Å². The third-order valence-corrected chi connectivity index (χ3v) is 8.28. The summed E-state index contributed by atoms with van der Waals surface area (Å²) in [5.74, 6) is -4.47. The maximum atomic E-state index is 14.2. The molecule has 3 aliphatic rings. The Morgan fingerprint density at radius 3 is 2.64 bits per heavy atom. The molecule has 7 nitrogen and oxygen atoms in total. The van der Waals surface area contributed by atoms with Crippen molar-refractivity contribution < 1.29 is 31.1 Å². The zero-order chi connectivity index (χ0) is 23.5. The molecule has 0 aromatic heterocycles. The number of ether oxygens (including phenoxy) is 1. The quantitative estimate of drug-likeness (QED) is 0.681. The minimum Gasteiger partial charge on any atom is -0.497 e. The van der Waals surface area contributed by atoms with Gasteiger partial charge in [0.1, 0.15) is 11.8 Å². The van der Waals surface area contributed by atoms with Gasteiger partial charge in [-0.15, -0.1) is 0 Å². The van der Waals surface area contributed by atoms with Crippen molar-refractivity contribution in [2.45, 2.75) is 43.8 Å². The molecule has 2 bridgehead atoms. The number of piperidine rings is 1. The summed E-state index contributed by atoms with van der Waals surface area (Å²) in [4.78, 5) is 15.1. The van der Waals surface area contributed by atoms with Crippen molar-refractivity contribution in [1.82, 2.24) is 9.21 Å². The van der Waals surface area contributed by atoms with E-state index in [9.17, 15) is 26.4 Å². The zero-order valence-electron chi connectivity index (χ0n) is 17.7. The predicted octanol–water partition coefficient (Wildman–Crippen LogP) is 3.13. The van der Waals surface area contributed by atoms with Crippen molar-refractivity contribution in [3.8, 4) is 5.75 Å². The van der Waals surface area contributed by atoms with Crippen molar-refractivity contribution in [1.29, 1.82) is 0 Å². The molecule has 33 heavy (non-hydrogen) atoms. The SMILES string of the molecule is COc1ccc2c(c1)CCN1C(=O)C3CCCC(C21)N3S(=O)(=O)Nc1ccc(F)c(F)c1F. The van der Waals surface area contributed by atoms with Gasteiger partial charge in [-0.3, -0.25) is 9.52 Å². The highest BCUT2D eigenvalue weighted by Gasteiger charge is 2.55. The molecule has 5 rings (SSSR count). The first-order valence-corrected chi connectivity index (χ1v) is 12.1. The van der Waals surface area contributed by atoms with Gasteiger partial charge < -0.3 is 9.64 Å². The van der Waals surface area contributed by atoms with Gasteiger partial charge in [-0.05, 0) is 61.1 Å². The van der Waals surface area contributed by atoms with E-state index in [1.807, 2.05) is 16.9 Å². The Morgan fingerprint density at radius 2 is 1.88 bits per heavy atom. The molecule has 1 amide bonds. The number of methoxy groups -OCH3 is 1. The third kappa shape index (κ3) is 3.45. The van der Waals surface area contributed by atoms with Crippen molar-refractivity contribution >= 4 is 21.8 Å².